The lowest BCUT2D eigenvalue weighted by atomic mass is 9.85. The van der Waals surface area contributed by atoms with Crippen LogP contribution >= 0.6 is 0 Å². The first-order chi connectivity index (χ1) is 12.6. The average molecular weight is 391 g/mol. The quantitative estimate of drug-likeness (QED) is 0.616. The van der Waals surface area contributed by atoms with E-state index in [0.717, 1.165) is 25.0 Å². The van der Waals surface area contributed by atoms with E-state index in [2.05, 4.69) is 6.07 Å². The number of aryl methyl sites for hydroxylation is 1. The van der Waals surface area contributed by atoms with Gasteiger partial charge in [0.25, 0.3) is 0 Å². The van der Waals surface area contributed by atoms with Gasteiger partial charge in [-0.3, -0.25) is 4.79 Å². The molecule has 9 heteroatoms. The highest BCUT2D eigenvalue weighted by Crippen LogP contribution is 2.41. The highest BCUT2D eigenvalue weighted by Gasteiger charge is 2.38. The molecule has 0 saturated carbocycles. The molecule has 152 valence electrons. The minimum absolute atomic E-state index is 0.144. The van der Waals surface area contributed by atoms with Gasteiger partial charge in [0, 0.05) is 0 Å². The SMILES string of the molecule is CCC(C(=O)O)[C@@H]1CCc2cc(OCCCN)ccc21.O=C(O)C(F)(F)F. The van der Waals surface area contributed by atoms with Gasteiger partial charge in [-0.2, -0.15) is 13.2 Å². The number of hydrogen-bond donors (Lipinski definition) is 3. The van der Waals surface area contributed by atoms with E-state index < -0.39 is 18.1 Å². The van der Waals surface area contributed by atoms with Crippen molar-refractivity contribution in [1.82, 2.24) is 0 Å². The zero-order valence-corrected chi connectivity index (χ0v) is 15.0. The number of ether oxygens (including phenoxy) is 1. The largest absolute Gasteiger partial charge is 0.494 e. The molecule has 2 rings (SSSR count). The second-order valence-corrected chi connectivity index (χ2v) is 6.15. The molecule has 0 amide bonds. The maximum absolute atomic E-state index is 11.3. The molecule has 1 aromatic carbocycles. The van der Waals surface area contributed by atoms with Gasteiger partial charge in [0.1, 0.15) is 5.75 Å². The first kappa shape index (κ1) is 22.8. The fourth-order valence-corrected chi connectivity index (χ4v) is 3.04. The number of benzene rings is 1. The Morgan fingerprint density at radius 2 is 1.96 bits per heavy atom. The van der Waals surface area contributed by atoms with E-state index in [9.17, 15) is 23.1 Å². The molecule has 6 nitrogen and oxygen atoms in total. The maximum Gasteiger partial charge on any atom is 0.490 e. The third-order valence-electron chi connectivity index (χ3n) is 4.34. The number of rotatable bonds is 7. The Hall–Kier alpha value is -2.29. The Morgan fingerprint density at radius 3 is 2.44 bits per heavy atom. The number of hydrogen-bond acceptors (Lipinski definition) is 4. The predicted octanol–water partition coefficient (Wildman–Crippen LogP) is 3.19. The zero-order valence-electron chi connectivity index (χ0n) is 15.0. The number of fused-ring (bicyclic) bond motifs is 1. The Morgan fingerprint density at radius 1 is 1.33 bits per heavy atom. The van der Waals surface area contributed by atoms with Crippen molar-refractivity contribution in [3.05, 3.63) is 29.3 Å². The molecule has 0 heterocycles. The minimum Gasteiger partial charge on any atom is -0.494 e. The first-order valence-corrected chi connectivity index (χ1v) is 8.60. The zero-order chi connectivity index (χ0) is 20.6. The van der Waals surface area contributed by atoms with Crippen molar-refractivity contribution in [3.63, 3.8) is 0 Å². The van der Waals surface area contributed by atoms with Gasteiger partial charge in [-0.15, -0.1) is 0 Å². The molecule has 1 unspecified atom stereocenters. The maximum atomic E-state index is 11.3. The molecule has 4 N–H and O–H groups in total. The molecule has 0 bridgehead atoms. The van der Waals surface area contributed by atoms with Crippen LogP contribution in [0.4, 0.5) is 13.2 Å². The van der Waals surface area contributed by atoms with E-state index in [1.807, 2.05) is 19.1 Å². The highest BCUT2D eigenvalue weighted by molar-refractivity contribution is 5.73. The summed E-state index contributed by atoms with van der Waals surface area (Å²) >= 11 is 0. The molecule has 0 radical (unpaired) electrons. The van der Waals surface area contributed by atoms with Gasteiger partial charge >= 0.3 is 18.1 Å². The summed E-state index contributed by atoms with van der Waals surface area (Å²) in [7, 11) is 0. The van der Waals surface area contributed by atoms with Gasteiger partial charge in [-0.25, -0.2) is 4.79 Å². The summed E-state index contributed by atoms with van der Waals surface area (Å²) in [6.07, 6.45) is -1.70. The van der Waals surface area contributed by atoms with E-state index in [1.54, 1.807) is 0 Å². The third kappa shape index (κ3) is 6.74. The molecule has 1 aliphatic carbocycles. The summed E-state index contributed by atoms with van der Waals surface area (Å²) in [5.74, 6) is -2.71. The van der Waals surface area contributed by atoms with E-state index in [1.165, 1.54) is 11.1 Å². The summed E-state index contributed by atoms with van der Waals surface area (Å²) in [5, 5.41) is 16.4. The van der Waals surface area contributed by atoms with E-state index >= 15 is 0 Å². The number of carboxylic acids is 2. The van der Waals surface area contributed by atoms with Crippen LogP contribution in [0.1, 0.15) is 43.2 Å². The molecular weight excluding hydrogens is 367 g/mol. The van der Waals surface area contributed by atoms with Crippen LogP contribution in [0.3, 0.4) is 0 Å². The molecule has 1 aliphatic rings. The van der Waals surface area contributed by atoms with Gasteiger partial charge in [-0.1, -0.05) is 13.0 Å². The third-order valence-corrected chi connectivity index (χ3v) is 4.34. The van der Waals surface area contributed by atoms with Gasteiger partial charge in [0.05, 0.1) is 12.5 Å². The second kappa shape index (κ2) is 10.1. The summed E-state index contributed by atoms with van der Waals surface area (Å²) in [6, 6.07) is 6.04. The fraction of sp³-hybridized carbons (Fsp3) is 0.556. The van der Waals surface area contributed by atoms with Crippen LogP contribution < -0.4 is 10.5 Å². The lowest BCUT2D eigenvalue weighted by molar-refractivity contribution is -0.192. The van der Waals surface area contributed by atoms with Crippen LogP contribution in [0.25, 0.3) is 0 Å². The molecule has 2 atom stereocenters. The van der Waals surface area contributed by atoms with E-state index in [0.29, 0.717) is 19.6 Å². The summed E-state index contributed by atoms with van der Waals surface area (Å²) < 4.78 is 37.4. The summed E-state index contributed by atoms with van der Waals surface area (Å²) in [5.41, 5.74) is 7.86. The van der Waals surface area contributed by atoms with Crippen LogP contribution in [-0.4, -0.2) is 41.5 Å². The standard InChI is InChI=1S/C16H23NO3.C2HF3O2/c1-2-13(16(18)19)15-6-4-11-10-12(5-7-14(11)15)20-9-3-8-17;3-2(4,5)1(6)7/h5,7,10,13,15H,2-4,6,8-9,17H2,1H3,(H,18,19);(H,6,7)/t13?,15-;/m0./s1. The number of halogens is 3. The second-order valence-electron chi connectivity index (χ2n) is 6.15. The van der Waals surface area contributed by atoms with Crippen molar-refractivity contribution < 1.29 is 37.7 Å². The van der Waals surface area contributed by atoms with Crippen LogP contribution in [0, 0.1) is 5.92 Å². The van der Waals surface area contributed by atoms with Crippen molar-refractivity contribution in [3.8, 4) is 5.75 Å². The molecule has 0 fully saturated rings. The Balaban J connectivity index is 0.000000445. The van der Waals surface area contributed by atoms with Crippen LogP contribution in [0.15, 0.2) is 18.2 Å². The predicted molar refractivity (Wildman–Crippen MR) is 91.8 cm³/mol. The fourth-order valence-electron chi connectivity index (χ4n) is 3.04. The van der Waals surface area contributed by atoms with Crippen molar-refractivity contribution in [1.29, 1.82) is 0 Å². The number of nitrogens with two attached hydrogens (primary N) is 1. The number of aliphatic carboxylic acids is 2. The Bertz CT molecular complexity index is 648. The normalized spacial score (nSPS) is 16.7. The summed E-state index contributed by atoms with van der Waals surface area (Å²) in [6.45, 7) is 3.20. The van der Waals surface area contributed by atoms with E-state index in [4.69, 9.17) is 20.4 Å². The lowest BCUT2D eigenvalue weighted by Crippen LogP contribution is -2.21. The van der Waals surface area contributed by atoms with Gasteiger partial charge in [-0.05, 0) is 61.4 Å². The van der Waals surface area contributed by atoms with Gasteiger partial charge in [0.15, 0.2) is 0 Å². The smallest absolute Gasteiger partial charge is 0.490 e. The minimum atomic E-state index is -5.08. The Labute approximate surface area is 155 Å². The van der Waals surface area contributed by atoms with Crippen LogP contribution in [0.2, 0.25) is 0 Å². The number of carbonyl (C=O) groups is 2. The molecule has 27 heavy (non-hydrogen) atoms. The average Bonchev–Trinajstić information content (AvgIpc) is 2.98. The van der Waals surface area contributed by atoms with E-state index in [-0.39, 0.29) is 11.8 Å². The van der Waals surface area contributed by atoms with Crippen molar-refractivity contribution in [2.45, 2.75) is 44.7 Å². The topological polar surface area (TPSA) is 110 Å². The molecule has 0 aliphatic heterocycles. The monoisotopic (exact) mass is 391 g/mol. The highest BCUT2D eigenvalue weighted by atomic mass is 19.4. The lowest BCUT2D eigenvalue weighted by Gasteiger charge is -2.19. The molecule has 1 aromatic rings. The molecule has 0 aromatic heterocycles. The van der Waals surface area contributed by atoms with Crippen LogP contribution in [-0.2, 0) is 16.0 Å². The van der Waals surface area contributed by atoms with Crippen molar-refractivity contribution >= 4 is 11.9 Å². The van der Waals surface area contributed by atoms with Crippen molar-refractivity contribution in [2.24, 2.45) is 11.7 Å². The van der Waals surface area contributed by atoms with Gasteiger partial charge in [0.2, 0.25) is 0 Å². The summed E-state index contributed by atoms with van der Waals surface area (Å²) in [4.78, 5) is 20.2. The van der Waals surface area contributed by atoms with Crippen molar-refractivity contribution in [2.75, 3.05) is 13.2 Å². The van der Waals surface area contributed by atoms with Gasteiger partial charge < -0.3 is 20.7 Å². The molecule has 0 spiro atoms. The first-order valence-electron chi connectivity index (χ1n) is 8.60. The van der Waals surface area contributed by atoms with Crippen LogP contribution in [0.5, 0.6) is 5.75 Å². The number of alkyl halides is 3. The Kier molecular flexibility index (Phi) is 8.55. The molecule has 0 saturated heterocycles. The molecular formula is C18H24F3NO5. The number of carboxylic acid groups (broad SMARTS) is 2.